The number of carboxylic acid groups (broad SMARTS) is 1. The number of hydrogen-bond donors (Lipinski definition) is 2. The van der Waals surface area contributed by atoms with Crippen LogP contribution >= 0.6 is 0 Å². The fourth-order valence-electron chi connectivity index (χ4n) is 2.08. The zero-order chi connectivity index (χ0) is 14.2. The third-order valence-electron chi connectivity index (χ3n) is 3.63. The van der Waals surface area contributed by atoms with Gasteiger partial charge in [0.25, 0.3) is 5.91 Å². The van der Waals surface area contributed by atoms with Crippen molar-refractivity contribution < 1.29 is 19.1 Å². The van der Waals surface area contributed by atoms with Crippen LogP contribution in [0.25, 0.3) is 0 Å². The SMILES string of the molecule is Cc1cc(C(=O)N[C@](C)(C(=O)O)C2CC2)ccc1F. The van der Waals surface area contributed by atoms with Gasteiger partial charge in [-0.15, -0.1) is 0 Å². The second-order valence-electron chi connectivity index (χ2n) is 5.20. The normalized spacial score (nSPS) is 17.6. The highest BCUT2D eigenvalue weighted by Crippen LogP contribution is 2.39. The minimum atomic E-state index is -1.25. The summed E-state index contributed by atoms with van der Waals surface area (Å²) in [5.74, 6) is -1.95. The molecule has 19 heavy (non-hydrogen) atoms. The average Bonchev–Trinajstić information content (AvgIpc) is 3.16. The Bertz CT molecular complexity index is 539. The van der Waals surface area contributed by atoms with Crippen LogP contribution in [0.1, 0.15) is 35.7 Å². The molecule has 1 saturated carbocycles. The molecule has 102 valence electrons. The number of benzene rings is 1. The predicted octanol–water partition coefficient (Wildman–Crippen LogP) is 2.12. The number of aliphatic carboxylic acids is 1. The largest absolute Gasteiger partial charge is 0.480 e. The van der Waals surface area contributed by atoms with Crippen LogP contribution in [0.3, 0.4) is 0 Å². The summed E-state index contributed by atoms with van der Waals surface area (Å²) in [6.07, 6.45) is 1.59. The van der Waals surface area contributed by atoms with E-state index >= 15 is 0 Å². The standard InChI is InChI=1S/C14H16FNO3/c1-8-7-9(3-6-11(8)15)12(17)16-14(2,13(18)19)10-4-5-10/h3,6-7,10H,4-5H2,1-2H3,(H,16,17)(H,18,19)/t14-/m0/s1. The summed E-state index contributed by atoms with van der Waals surface area (Å²) in [4.78, 5) is 23.4. The van der Waals surface area contributed by atoms with Crippen LogP contribution in [0.5, 0.6) is 0 Å². The van der Waals surface area contributed by atoms with Crippen LogP contribution < -0.4 is 5.32 Å². The van der Waals surface area contributed by atoms with Crippen molar-refractivity contribution in [1.29, 1.82) is 0 Å². The fraction of sp³-hybridized carbons (Fsp3) is 0.429. The molecule has 1 atom stereocenters. The molecule has 1 amide bonds. The predicted molar refractivity (Wildman–Crippen MR) is 67.4 cm³/mol. The van der Waals surface area contributed by atoms with E-state index in [1.54, 1.807) is 6.92 Å². The lowest BCUT2D eigenvalue weighted by atomic mass is 9.95. The van der Waals surface area contributed by atoms with E-state index in [1.165, 1.54) is 25.1 Å². The summed E-state index contributed by atoms with van der Waals surface area (Å²) in [5, 5.41) is 11.8. The van der Waals surface area contributed by atoms with Gasteiger partial charge in [0.15, 0.2) is 0 Å². The molecule has 1 aromatic rings. The van der Waals surface area contributed by atoms with E-state index in [-0.39, 0.29) is 17.3 Å². The van der Waals surface area contributed by atoms with E-state index in [2.05, 4.69) is 5.32 Å². The molecular formula is C14H16FNO3. The first-order chi connectivity index (χ1) is 8.84. The number of carbonyl (C=O) groups excluding carboxylic acids is 1. The molecule has 5 heteroatoms. The van der Waals surface area contributed by atoms with Gasteiger partial charge < -0.3 is 10.4 Å². The number of aryl methyl sites for hydroxylation is 1. The zero-order valence-corrected chi connectivity index (χ0v) is 10.9. The van der Waals surface area contributed by atoms with Crippen LogP contribution in [0, 0.1) is 18.7 Å². The van der Waals surface area contributed by atoms with Crippen molar-refractivity contribution in [3.63, 3.8) is 0 Å². The first kappa shape index (κ1) is 13.5. The summed E-state index contributed by atoms with van der Waals surface area (Å²) in [7, 11) is 0. The number of nitrogens with one attached hydrogen (secondary N) is 1. The van der Waals surface area contributed by atoms with Crippen molar-refractivity contribution in [2.75, 3.05) is 0 Å². The monoisotopic (exact) mass is 265 g/mol. The van der Waals surface area contributed by atoms with Crippen molar-refractivity contribution in [3.8, 4) is 0 Å². The minimum Gasteiger partial charge on any atom is -0.480 e. The van der Waals surface area contributed by atoms with Crippen molar-refractivity contribution in [1.82, 2.24) is 5.32 Å². The molecule has 0 unspecified atom stereocenters. The van der Waals surface area contributed by atoms with Crippen LogP contribution in [-0.4, -0.2) is 22.5 Å². The minimum absolute atomic E-state index is 0.0319. The third-order valence-corrected chi connectivity index (χ3v) is 3.63. The molecule has 0 spiro atoms. The van der Waals surface area contributed by atoms with Gasteiger partial charge >= 0.3 is 5.97 Å². The highest BCUT2D eigenvalue weighted by molar-refractivity contribution is 5.98. The molecule has 0 heterocycles. The highest BCUT2D eigenvalue weighted by atomic mass is 19.1. The summed E-state index contributed by atoms with van der Waals surface area (Å²) in [6.45, 7) is 3.07. The number of carbonyl (C=O) groups is 2. The maximum absolute atomic E-state index is 13.1. The molecule has 0 aromatic heterocycles. The van der Waals surface area contributed by atoms with Gasteiger partial charge in [0.2, 0.25) is 0 Å². The molecule has 0 aliphatic heterocycles. The Labute approximate surface area is 110 Å². The Morgan fingerprint density at radius 2 is 2.05 bits per heavy atom. The van der Waals surface area contributed by atoms with Crippen molar-refractivity contribution >= 4 is 11.9 Å². The van der Waals surface area contributed by atoms with E-state index < -0.39 is 17.4 Å². The number of amides is 1. The van der Waals surface area contributed by atoms with Crippen LogP contribution in [0.2, 0.25) is 0 Å². The van der Waals surface area contributed by atoms with E-state index in [9.17, 15) is 19.1 Å². The summed E-state index contributed by atoms with van der Waals surface area (Å²) >= 11 is 0. The second kappa shape index (κ2) is 4.64. The van der Waals surface area contributed by atoms with Gasteiger partial charge in [-0.05, 0) is 56.4 Å². The summed E-state index contributed by atoms with van der Waals surface area (Å²) in [6, 6.07) is 3.98. The van der Waals surface area contributed by atoms with Crippen LogP contribution in [0.15, 0.2) is 18.2 Å². The molecule has 0 radical (unpaired) electrons. The lowest BCUT2D eigenvalue weighted by molar-refractivity contribution is -0.144. The fourth-order valence-corrected chi connectivity index (χ4v) is 2.08. The maximum atomic E-state index is 13.1. The second-order valence-corrected chi connectivity index (χ2v) is 5.20. The zero-order valence-electron chi connectivity index (χ0n) is 10.9. The topological polar surface area (TPSA) is 66.4 Å². The lowest BCUT2D eigenvalue weighted by Crippen LogP contribution is -2.54. The quantitative estimate of drug-likeness (QED) is 0.876. The Balaban J connectivity index is 2.20. The molecular weight excluding hydrogens is 249 g/mol. The first-order valence-corrected chi connectivity index (χ1v) is 6.16. The van der Waals surface area contributed by atoms with Crippen molar-refractivity contribution in [2.24, 2.45) is 5.92 Å². The van der Waals surface area contributed by atoms with Gasteiger partial charge in [0, 0.05) is 5.56 Å². The van der Waals surface area contributed by atoms with Gasteiger partial charge in [0.1, 0.15) is 11.4 Å². The Morgan fingerprint density at radius 1 is 1.42 bits per heavy atom. The molecule has 1 aliphatic rings. The van der Waals surface area contributed by atoms with E-state index in [1.807, 2.05) is 0 Å². The van der Waals surface area contributed by atoms with Gasteiger partial charge in [0.05, 0.1) is 0 Å². The smallest absolute Gasteiger partial charge is 0.329 e. The molecule has 0 bridgehead atoms. The highest BCUT2D eigenvalue weighted by Gasteiger charge is 2.48. The number of hydrogen-bond acceptors (Lipinski definition) is 2. The Morgan fingerprint density at radius 3 is 2.53 bits per heavy atom. The third kappa shape index (κ3) is 2.59. The van der Waals surface area contributed by atoms with Crippen LogP contribution in [0.4, 0.5) is 4.39 Å². The molecule has 4 nitrogen and oxygen atoms in total. The molecule has 2 rings (SSSR count). The van der Waals surface area contributed by atoms with E-state index in [0.717, 1.165) is 12.8 Å². The first-order valence-electron chi connectivity index (χ1n) is 6.16. The summed E-state index contributed by atoms with van der Waals surface area (Å²) < 4.78 is 13.1. The van der Waals surface area contributed by atoms with Crippen molar-refractivity contribution in [3.05, 3.63) is 35.1 Å². The Hall–Kier alpha value is -1.91. The molecule has 0 saturated heterocycles. The maximum Gasteiger partial charge on any atom is 0.329 e. The number of carboxylic acids is 1. The van der Waals surface area contributed by atoms with E-state index in [4.69, 9.17) is 0 Å². The Kier molecular flexibility index (Phi) is 3.30. The molecule has 1 aromatic carbocycles. The number of halogens is 1. The molecule has 1 fully saturated rings. The van der Waals surface area contributed by atoms with E-state index in [0.29, 0.717) is 5.56 Å². The lowest BCUT2D eigenvalue weighted by Gasteiger charge is -2.26. The summed E-state index contributed by atoms with van der Waals surface area (Å²) in [5.41, 5.74) is -0.623. The van der Waals surface area contributed by atoms with Crippen LogP contribution in [-0.2, 0) is 4.79 Å². The van der Waals surface area contributed by atoms with Gasteiger partial charge in [-0.3, -0.25) is 4.79 Å². The molecule has 1 aliphatic carbocycles. The van der Waals surface area contributed by atoms with Gasteiger partial charge in [-0.25, -0.2) is 9.18 Å². The number of rotatable bonds is 4. The van der Waals surface area contributed by atoms with Gasteiger partial charge in [-0.2, -0.15) is 0 Å². The average molecular weight is 265 g/mol. The van der Waals surface area contributed by atoms with Gasteiger partial charge in [-0.1, -0.05) is 0 Å². The van der Waals surface area contributed by atoms with Crippen molar-refractivity contribution in [2.45, 2.75) is 32.2 Å². The molecule has 2 N–H and O–H groups in total.